The molecule has 0 unspecified atom stereocenters. The Hall–Kier alpha value is 0.0700. The Morgan fingerprint density at radius 2 is 0.833 bits per heavy atom. The first-order valence-corrected chi connectivity index (χ1v) is 0.756. The summed E-state index contributed by atoms with van der Waals surface area (Å²) in [6, 6.07) is 0. The summed E-state index contributed by atoms with van der Waals surface area (Å²) in [5.41, 5.74) is 0. The fourth-order valence-corrected chi connectivity index (χ4v) is 0. The fourth-order valence-electron chi connectivity index (χ4n) is 0. The van der Waals surface area contributed by atoms with Crippen LogP contribution in [0.4, 0.5) is 17.6 Å². The molecule has 0 atom stereocenters. The van der Waals surface area contributed by atoms with E-state index >= 15 is 0 Å². The molecular weight excluding hydrogens is 120 g/mol. The van der Waals surface area contributed by atoms with Crippen LogP contribution in [0, 0.1) is 0 Å². The standard InChI is InChI=1S/CF4.H2S/c2-1(3,4)5;/h;1H2. The van der Waals surface area contributed by atoms with Gasteiger partial charge in [0.25, 0.3) is 0 Å². The van der Waals surface area contributed by atoms with Gasteiger partial charge in [0.2, 0.25) is 0 Å². The topological polar surface area (TPSA) is 0 Å². The summed E-state index contributed by atoms with van der Waals surface area (Å²) in [5.74, 6) is 0. The maximum atomic E-state index is 9.69. The molecule has 0 aliphatic heterocycles. The molecule has 0 radical (unpaired) electrons. The molecule has 0 aromatic heterocycles. The largest absolute Gasteiger partial charge is 0.559 e. The number of alkyl halides is 4. The lowest BCUT2D eigenvalue weighted by Crippen LogP contribution is -1.92. The van der Waals surface area contributed by atoms with Gasteiger partial charge in [0.05, 0.1) is 0 Å². The van der Waals surface area contributed by atoms with Gasteiger partial charge in [-0.3, -0.25) is 0 Å². The quantitative estimate of drug-likeness (QED) is 0.428. The van der Waals surface area contributed by atoms with Crippen LogP contribution in [0.1, 0.15) is 0 Å². The van der Waals surface area contributed by atoms with Crippen LogP contribution in [-0.2, 0) is 0 Å². The van der Waals surface area contributed by atoms with Crippen molar-refractivity contribution in [2.75, 3.05) is 0 Å². The molecule has 0 fully saturated rings. The summed E-state index contributed by atoms with van der Waals surface area (Å²) in [6.07, 6.45) is -5.50. The van der Waals surface area contributed by atoms with Crippen LogP contribution in [0.3, 0.4) is 0 Å². The van der Waals surface area contributed by atoms with Crippen molar-refractivity contribution in [3.8, 4) is 0 Å². The second-order valence-corrected chi connectivity index (χ2v) is 0.429. The minimum Gasteiger partial charge on any atom is -0.197 e. The molecule has 0 aliphatic rings. The molecular formula is CH2F4S. The zero-order valence-electron chi connectivity index (χ0n) is 2.51. The van der Waals surface area contributed by atoms with Gasteiger partial charge in [-0.2, -0.15) is 13.5 Å². The normalized spacial score (nSPS) is 10.0. The molecule has 0 bridgehead atoms. The zero-order valence-corrected chi connectivity index (χ0v) is 3.51. The summed E-state index contributed by atoms with van der Waals surface area (Å²) in [7, 11) is 0. The Bertz CT molecular complexity index is 23.0. The van der Waals surface area contributed by atoms with E-state index in [-0.39, 0.29) is 13.5 Å². The second-order valence-electron chi connectivity index (χ2n) is 0.429. The van der Waals surface area contributed by atoms with Crippen LogP contribution < -0.4 is 0 Å². The first-order valence-electron chi connectivity index (χ1n) is 0.756. The van der Waals surface area contributed by atoms with Crippen LogP contribution in [-0.4, -0.2) is 6.43 Å². The Labute approximate surface area is 38.6 Å². The van der Waals surface area contributed by atoms with E-state index < -0.39 is 6.43 Å². The minimum absolute atomic E-state index is 0. The molecule has 0 heterocycles. The SMILES string of the molecule is FC(F)(F)F.S. The van der Waals surface area contributed by atoms with Crippen molar-refractivity contribution < 1.29 is 17.6 Å². The second kappa shape index (κ2) is 2.28. The molecule has 40 valence electrons. The van der Waals surface area contributed by atoms with Crippen molar-refractivity contribution >= 4 is 13.5 Å². The molecule has 0 spiro atoms. The van der Waals surface area contributed by atoms with Gasteiger partial charge in [0.1, 0.15) is 0 Å². The summed E-state index contributed by atoms with van der Waals surface area (Å²) >= 11 is 0. The summed E-state index contributed by atoms with van der Waals surface area (Å²) < 4.78 is 38.8. The van der Waals surface area contributed by atoms with Gasteiger partial charge in [0.15, 0.2) is 0 Å². The van der Waals surface area contributed by atoms with Crippen molar-refractivity contribution in [2.24, 2.45) is 0 Å². The summed E-state index contributed by atoms with van der Waals surface area (Å²) in [5, 5.41) is 0. The molecule has 0 N–H and O–H groups in total. The number of hydrogen-bond acceptors (Lipinski definition) is 0. The van der Waals surface area contributed by atoms with E-state index in [0.717, 1.165) is 0 Å². The predicted molar refractivity (Wildman–Crippen MR) is 17.5 cm³/mol. The highest BCUT2D eigenvalue weighted by Crippen LogP contribution is 2.13. The lowest BCUT2D eigenvalue weighted by Gasteiger charge is -1.82. The van der Waals surface area contributed by atoms with E-state index in [0.29, 0.717) is 0 Å². The molecule has 0 rings (SSSR count). The van der Waals surface area contributed by atoms with Gasteiger partial charge in [-0.25, -0.2) is 0 Å². The lowest BCUT2D eigenvalue weighted by atomic mass is 11.5. The maximum absolute atomic E-state index is 9.69. The summed E-state index contributed by atoms with van der Waals surface area (Å²) in [6.45, 7) is 0. The molecule has 6 heavy (non-hydrogen) atoms. The van der Waals surface area contributed by atoms with E-state index in [4.69, 9.17) is 0 Å². The third-order valence-electron chi connectivity index (χ3n) is 0. The van der Waals surface area contributed by atoms with E-state index in [9.17, 15) is 17.6 Å². The van der Waals surface area contributed by atoms with Gasteiger partial charge in [-0.15, -0.1) is 17.6 Å². The van der Waals surface area contributed by atoms with Gasteiger partial charge in [-0.1, -0.05) is 0 Å². The number of halogens is 4. The molecule has 5 heteroatoms. The van der Waals surface area contributed by atoms with Crippen LogP contribution in [0.15, 0.2) is 0 Å². The van der Waals surface area contributed by atoms with E-state index in [1.54, 1.807) is 0 Å². The monoisotopic (exact) mass is 122 g/mol. The van der Waals surface area contributed by atoms with Crippen molar-refractivity contribution in [3.63, 3.8) is 0 Å². The molecule has 0 nitrogen and oxygen atoms in total. The first-order chi connectivity index (χ1) is 2.00. The molecule has 0 saturated heterocycles. The highest BCUT2D eigenvalue weighted by molar-refractivity contribution is 7.59. The van der Waals surface area contributed by atoms with E-state index in [1.165, 1.54) is 0 Å². The highest BCUT2D eigenvalue weighted by Gasteiger charge is 2.24. The van der Waals surface area contributed by atoms with Crippen molar-refractivity contribution in [3.05, 3.63) is 0 Å². The maximum Gasteiger partial charge on any atom is 0.559 e. The Morgan fingerprint density at radius 3 is 0.833 bits per heavy atom. The fraction of sp³-hybridized carbons (Fsp3) is 1.00. The highest BCUT2D eigenvalue weighted by atomic mass is 32.1. The first kappa shape index (κ1) is 9.42. The van der Waals surface area contributed by atoms with E-state index in [2.05, 4.69) is 0 Å². The lowest BCUT2D eigenvalue weighted by molar-refractivity contribution is -0.237. The molecule has 0 amide bonds. The minimum atomic E-state index is -5.50. The van der Waals surface area contributed by atoms with Gasteiger partial charge < -0.3 is 0 Å². The Kier molecular flexibility index (Phi) is 3.58. The van der Waals surface area contributed by atoms with Gasteiger partial charge in [-0.05, 0) is 0 Å². The molecule has 0 aromatic carbocycles. The van der Waals surface area contributed by atoms with E-state index in [1.807, 2.05) is 0 Å². The van der Waals surface area contributed by atoms with Crippen LogP contribution in [0.5, 0.6) is 0 Å². The average Bonchev–Trinajstić information content (AvgIpc) is 0.722. The Balaban J connectivity index is 0. The van der Waals surface area contributed by atoms with Crippen molar-refractivity contribution in [2.45, 2.75) is 6.43 Å². The average molecular weight is 122 g/mol. The van der Waals surface area contributed by atoms with Crippen molar-refractivity contribution in [1.29, 1.82) is 0 Å². The van der Waals surface area contributed by atoms with Gasteiger partial charge >= 0.3 is 6.43 Å². The number of rotatable bonds is 0. The van der Waals surface area contributed by atoms with Crippen LogP contribution >= 0.6 is 13.5 Å². The molecule has 0 saturated carbocycles. The smallest absolute Gasteiger partial charge is 0.197 e. The Morgan fingerprint density at radius 1 is 0.833 bits per heavy atom. The number of hydrogen-bond donors (Lipinski definition) is 0. The summed E-state index contributed by atoms with van der Waals surface area (Å²) in [4.78, 5) is 0. The van der Waals surface area contributed by atoms with Crippen LogP contribution in [0.25, 0.3) is 0 Å². The van der Waals surface area contributed by atoms with Gasteiger partial charge in [0, 0.05) is 0 Å². The van der Waals surface area contributed by atoms with Crippen LogP contribution in [0.2, 0.25) is 0 Å². The third kappa shape index (κ3) is 7830. The third-order valence-corrected chi connectivity index (χ3v) is 0. The molecule has 0 aliphatic carbocycles. The zero-order chi connectivity index (χ0) is 4.50. The molecule has 0 aromatic rings. The predicted octanol–water partition coefficient (Wildman–Crippen LogP) is 1.59. The van der Waals surface area contributed by atoms with Crippen molar-refractivity contribution in [1.82, 2.24) is 0 Å².